The highest BCUT2D eigenvalue weighted by molar-refractivity contribution is 5.74. The first-order chi connectivity index (χ1) is 11.1. The molecule has 0 radical (unpaired) electrons. The van der Waals surface area contributed by atoms with Gasteiger partial charge in [0.1, 0.15) is 5.82 Å². The van der Waals surface area contributed by atoms with Crippen LogP contribution in [-0.4, -0.2) is 20.6 Å². The molecule has 3 rings (SSSR count). The fourth-order valence-electron chi connectivity index (χ4n) is 2.25. The summed E-state index contributed by atoms with van der Waals surface area (Å²) >= 11 is 0. The largest absolute Gasteiger partial charge is 0.334 e. The highest BCUT2D eigenvalue weighted by Gasteiger charge is 2.15. The number of hydrogen-bond acceptors (Lipinski definition) is 3. The molecule has 0 bridgehead atoms. The van der Waals surface area contributed by atoms with Gasteiger partial charge in [-0.25, -0.2) is 9.18 Å². The Morgan fingerprint density at radius 1 is 1.22 bits per heavy atom. The van der Waals surface area contributed by atoms with Gasteiger partial charge in [-0.05, 0) is 36.8 Å². The molecule has 3 aromatic rings. The number of amides is 2. The molecule has 2 N–H and O–H groups in total. The number of rotatable bonds is 4. The van der Waals surface area contributed by atoms with Gasteiger partial charge in [-0.3, -0.25) is 4.40 Å². The zero-order valence-corrected chi connectivity index (χ0v) is 12.5. The molecule has 23 heavy (non-hydrogen) atoms. The van der Waals surface area contributed by atoms with E-state index in [-0.39, 0.29) is 17.9 Å². The highest BCUT2D eigenvalue weighted by atomic mass is 19.1. The Morgan fingerprint density at radius 3 is 2.78 bits per heavy atom. The molecule has 6 nitrogen and oxygen atoms in total. The Hall–Kier alpha value is -2.96. The van der Waals surface area contributed by atoms with Crippen LogP contribution < -0.4 is 10.6 Å². The summed E-state index contributed by atoms with van der Waals surface area (Å²) in [5.74, 6) is 0.350. The van der Waals surface area contributed by atoms with Crippen LogP contribution in [0.5, 0.6) is 0 Å². The number of nitrogens with zero attached hydrogens (tertiary/aromatic N) is 3. The standard InChI is InChI=1S/C16H16FN5O/c1-11(15-21-20-14-4-2-3-9-22(14)15)19-16(23)18-10-12-5-7-13(17)8-6-12/h2-9,11H,10H2,1H3,(H2,18,19,23)/t11-/m0/s1. The lowest BCUT2D eigenvalue weighted by molar-refractivity contribution is 0.237. The minimum absolute atomic E-state index is 0.300. The van der Waals surface area contributed by atoms with Crippen molar-refractivity contribution < 1.29 is 9.18 Å². The van der Waals surface area contributed by atoms with Crippen LogP contribution in [0.2, 0.25) is 0 Å². The number of fused-ring (bicyclic) bond motifs is 1. The summed E-state index contributed by atoms with van der Waals surface area (Å²) in [4.78, 5) is 12.0. The van der Waals surface area contributed by atoms with Gasteiger partial charge in [0.15, 0.2) is 11.5 Å². The fraction of sp³-hybridized carbons (Fsp3) is 0.188. The van der Waals surface area contributed by atoms with E-state index in [0.29, 0.717) is 12.4 Å². The van der Waals surface area contributed by atoms with Crippen molar-refractivity contribution in [1.29, 1.82) is 0 Å². The lowest BCUT2D eigenvalue weighted by Gasteiger charge is -2.13. The lowest BCUT2D eigenvalue weighted by atomic mass is 10.2. The maximum Gasteiger partial charge on any atom is 0.315 e. The average Bonchev–Trinajstić information content (AvgIpc) is 2.98. The van der Waals surface area contributed by atoms with Crippen LogP contribution in [0.1, 0.15) is 24.4 Å². The van der Waals surface area contributed by atoms with Gasteiger partial charge in [0, 0.05) is 12.7 Å². The Kier molecular flexibility index (Phi) is 4.18. The van der Waals surface area contributed by atoms with E-state index in [1.165, 1.54) is 12.1 Å². The third-order valence-corrected chi connectivity index (χ3v) is 3.44. The zero-order valence-electron chi connectivity index (χ0n) is 12.5. The lowest BCUT2D eigenvalue weighted by Crippen LogP contribution is -2.37. The van der Waals surface area contributed by atoms with Gasteiger partial charge in [-0.1, -0.05) is 18.2 Å². The molecule has 2 aromatic heterocycles. The van der Waals surface area contributed by atoms with Crippen molar-refractivity contribution in [3.8, 4) is 0 Å². The highest BCUT2D eigenvalue weighted by Crippen LogP contribution is 2.11. The molecule has 1 aromatic carbocycles. The molecule has 0 saturated heterocycles. The monoisotopic (exact) mass is 313 g/mol. The molecular weight excluding hydrogens is 297 g/mol. The molecule has 0 saturated carbocycles. The first-order valence-corrected chi connectivity index (χ1v) is 7.22. The van der Waals surface area contributed by atoms with E-state index in [0.717, 1.165) is 11.2 Å². The minimum atomic E-state index is -0.325. The molecule has 0 unspecified atom stereocenters. The van der Waals surface area contributed by atoms with Crippen LogP contribution >= 0.6 is 0 Å². The summed E-state index contributed by atoms with van der Waals surface area (Å²) in [6.07, 6.45) is 1.85. The van der Waals surface area contributed by atoms with E-state index < -0.39 is 0 Å². The Balaban J connectivity index is 1.60. The van der Waals surface area contributed by atoms with E-state index in [1.807, 2.05) is 35.7 Å². The average molecular weight is 313 g/mol. The number of benzene rings is 1. The van der Waals surface area contributed by atoms with Gasteiger partial charge in [-0.2, -0.15) is 0 Å². The molecule has 118 valence electrons. The number of nitrogens with one attached hydrogen (secondary N) is 2. The third-order valence-electron chi connectivity index (χ3n) is 3.44. The van der Waals surface area contributed by atoms with Crippen LogP contribution in [0.3, 0.4) is 0 Å². The summed E-state index contributed by atoms with van der Waals surface area (Å²) < 4.78 is 14.7. The second kappa shape index (κ2) is 6.43. The molecule has 0 spiro atoms. The van der Waals surface area contributed by atoms with Crippen molar-refractivity contribution in [3.63, 3.8) is 0 Å². The summed E-state index contributed by atoms with van der Waals surface area (Å²) in [6.45, 7) is 2.15. The van der Waals surface area contributed by atoms with Gasteiger partial charge in [0.25, 0.3) is 0 Å². The Bertz CT molecular complexity index is 815. The van der Waals surface area contributed by atoms with Crippen LogP contribution in [-0.2, 0) is 6.54 Å². The molecule has 7 heteroatoms. The first kappa shape index (κ1) is 15.0. The quantitative estimate of drug-likeness (QED) is 0.777. The number of aromatic nitrogens is 3. The first-order valence-electron chi connectivity index (χ1n) is 7.22. The third kappa shape index (κ3) is 3.45. The van der Waals surface area contributed by atoms with Crippen LogP contribution in [0.25, 0.3) is 5.65 Å². The normalized spacial score (nSPS) is 12.1. The number of halogens is 1. The van der Waals surface area contributed by atoms with Gasteiger partial charge in [-0.15, -0.1) is 10.2 Å². The van der Waals surface area contributed by atoms with Crippen molar-refractivity contribution in [2.45, 2.75) is 19.5 Å². The van der Waals surface area contributed by atoms with Crippen molar-refractivity contribution in [1.82, 2.24) is 25.2 Å². The van der Waals surface area contributed by atoms with Crippen LogP contribution in [0.4, 0.5) is 9.18 Å². The molecule has 0 aliphatic carbocycles. The minimum Gasteiger partial charge on any atom is -0.334 e. The van der Waals surface area contributed by atoms with Crippen molar-refractivity contribution >= 4 is 11.7 Å². The molecule has 0 fully saturated rings. The van der Waals surface area contributed by atoms with E-state index >= 15 is 0 Å². The van der Waals surface area contributed by atoms with E-state index in [9.17, 15) is 9.18 Å². The van der Waals surface area contributed by atoms with Gasteiger partial charge < -0.3 is 10.6 Å². The van der Waals surface area contributed by atoms with Gasteiger partial charge >= 0.3 is 6.03 Å². The van der Waals surface area contributed by atoms with Crippen LogP contribution in [0.15, 0.2) is 48.7 Å². The van der Waals surface area contributed by atoms with E-state index in [4.69, 9.17) is 0 Å². The van der Waals surface area contributed by atoms with Crippen molar-refractivity contribution in [2.75, 3.05) is 0 Å². The van der Waals surface area contributed by atoms with Crippen LogP contribution in [0, 0.1) is 5.82 Å². The molecule has 2 amide bonds. The number of carbonyl (C=O) groups is 1. The molecule has 2 heterocycles. The van der Waals surface area contributed by atoms with Crippen molar-refractivity contribution in [3.05, 3.63) is 65.9 Å². The summed E-state index contributed by atoms with van der Waals surface area (Å²) in [5.41, 5.74) is 1.55. The number of hydrogen-bond donors (Lipinski definition) is 2. The smallest absolute Gasteiger partial charge is 0.315 e. The molecular formula is C16H16FN5O. The second-order valence-electron chi connectivity index (χ2n) is 5.16. The molecule has 1 atom stereocenters. The predicted octanol–water partition coefficient (Wildman–Crippen LogP) is 2.43. The zero-order chi connectivity index (χ0) is 16.2. The van der Waals surface area contributed by atoms with Gasteiger partial charge in [0.2, 0.25) is 0 Å². The Morgan fingerprint density at radius 2 is 2.00 bits per heavy atom. The summed E-state index contributed by atoms with van der Waals surface area (Å²) in [7, 11) is 0. The summed E-state index contributed by atoms with van der Waals surface area (Å²) in [5, 5.41) is 13.7. The van der Waals surface area contributed by atoms with Gasteiger partial charge in [0.05, 0.1) is 6.04 Å². The maximum atomic E-state index is 12.8. The molecule has 0 aliphatic heterocycles. The number of urea groups is 1. The summed E-state index contributed by atoms with van der Waals surface area (Å²) in [6, 6.07) is 11.0. The topological polar surface area (TPSA) is 71.3 Å². The van der Waals surface area contributed by atoms with Crippen molar-refractivity contribution in [2.24, 2.45) is 0 Å². The predicted molar refractivity (Wildman–Crippen MR) is 83.2 cm³/mol. The van der Waals surface area contributed by atoms with E-state index in [1.54, 1.807) is 12.1 Å². The maximum absolute atomic E-state index is 12.8. The van der Waals surface area contributed by atoms with E-state index in [2.05, 4.69) is 20.8 Å². The molecule has 0 aliphatic rings. The second-order valence-corrected chi connectivity index (χ2v) is 5.16. The Labute approximate surface area is 132 Å². The fourth-order valence-corrected chi connectivity index (χ4v) is 2.25. The number of carbonyl (C=O) groups excluding carboxylic acids is 1. The SMILES string of the molecule is C[C@H](NC(=O)NCc1ccc(F)cc1)c1nnc2ccccn12. The number of pyridine rings is 1.